The first-order chi connectivity index (χ1) is 30.0. The molecule has 344 valence electrons. The van der Waals surface area contributed by atoms with Crippen molar-refractivity contribution in [1.29, 1.82) is 0 Å². The van der Waals surface area contributed by atoms with Gasteiger partial charge in [-0.3, -0.25) is 14.5 Å². The van der Waals surface area contributed by atoms with Crippen LogP contribution in [0.1, 0.15) is 62.3 Å². The number of halogens is 3. The molecule has 0 aromatic carbocycles. The van der Waals surface area contributed by atoms with Crippen molar-refractivity contribution in [3.63, 3.8) is 0 Å². The standard InChI is InChI=1S/C43H63F3N8O8/c1-5-32-30-53(42(56)34-12-15-38(60-6-2)51-40(34)43(44,45)46)20-21-54(32)37-14-13-35(33-11-9-18-49-41(33)62-8-4)50-36(37)29-48-17-10-19-52(31-39(55)61-7-3)22-24-58-26-28-59-27-25-57-23-16-47/h9,11-15,18,32,48H,5-8,10,16-17,19-31,47H2,1-4H3/t32-/m1/s1. The van der Waals surface area contributed by atoms with Crippen LogP contribution in [0, 0.1) is 0 Å². The number of alkyl halides is 3. The van der Waals surface area contributed by atoms with Gasteiger partial charge in [0.1, 0.15) is 0 Å². The van der Waals surface area contributed by atoms with Crippen LogP contribution in [0.25, 0.3) is 11.3 Å². The number of nitrogens with one attached hydrogen (secondary N) is 1. The van der Waals surface area contributed by atoms with Gasteiger partial charge in [-0.05, 0) is 70.5 Å². The molecule has 0 unspecified atom stereocenters. The number of anilines is 1. The molecule has 1 aliphatic rings. The van der Waals surface area contributed by atoms with E-state index in [0.29, 0.717) is 117 Å². The van der Waals surface area contributed by atoms with E-state index in [0.717, 1.165) is 23.0 Å². The number of rotatable bonds is 28. The Morgan fingerprint density at radius 1 is 0.887 bits per heavy atom. The van der Waals surface area contributed by atoms with Crippen molar-refractivity contribution >= 4 is 17.6 Å². The van der Waals surface area contributed by atoms with Gasteiger partial charge >= 0.3 is 12.1 Å². The highest BCUT2D eigenvalue weighted by Gasteiger charge is 2.40. The predicted octanol–water partition coefficient (Wildman–Crippen LogP) is 4.45. The van der Waals surface area contributed by atoms with Crippen LogP contribution in [0.15, 0.2) is 42.6 Å². The number of ether oxygens (including phenoxy) is 6. The monoisotopic (exact) mass is 876 g/mol. The smallest absolute Gasteiger partial charge is 0.434 e. The van der Waals surface area contributed by atoms with E-state index in [9.17, 15) is 22.8 Å². The van der Waals surface area contributed by atoms with Gasteiger partial charge in [-0.15, -0.1) is 0 Å². The molecule has 0 spiro atoms. The fourth-order valence-corrected chi connectivity index (χ4v) is 6.92. The molecule has 0 aliphatic carbocycles. The maximum Gasteiger partial charge on any atom is 0.434 e. The molecule has 4 rings (SSSR count). The summed E-state index contributed by atoms with van der Waals surface area (Å²) in [5.74, 6) is -0.777. The number of carbonyl (C=O) groups excluding carboxylic acids is 2. The van der Waals surface area contributed by atoms with Crippen molar-refractivity contribution in [1.82, 2.24) is 30.1 Å². The third-order valence-electron chi connectivity index (χ3n) is 9.83. The number of nitrogens with zero attached hydrogens (tertiary/aromatic N) is 6. The number of esters is 1. The Morgan fingerprint density at radius 2 is 1.63 bits per heavy atom. The zero-order valence-corrected chi connectivity index (χ0v) is 36.4. The van der Waals surface area contributed by atoms with Gasteiger partial charge in [-0.1, -0.05) is 6.92 Å². The average molecular weight is 877 g/mol. The number of piperazine rings is 1. The van der Waals surface area contributed by atoms with Crippen LogP contribution in [0.3, 0.4) is 0 Å². The number of hydrogen-bond acceptors (Lipinski definition) is 15. The number of pyridine rings is 3. The summed E-state index contributed by atoms with van der Waals surface area (Å²) >= 11 is 0. The van der Waals surface area contributed by atoms with E-state index in [2.05, 4.69) is 20.2 Å². The number of carbonyl (C=O) groups is 2. The first-order valence-corrected chi connectivity index (χ1v) is 21.4. The molecular weight excluding hydrogens is 814 g/mol. The second-order valence-electron chi connectivity index (χ2n) is 14.2. The minimum atomic E-state index is -4.85. The maximum atomic E-state index is 14.1. The van der Waals surface area contributed by atoms with Crippen LogP contribution in [-0.2, 0) is 36.5 Å². The lowest BCUT2D eigenvalue weighted by Crippen LogP contribution is -2.55. The summed E-state index contributed by atoms with van der Waals surface area (Å²) in [7, 11) is 0. The van der Waals surface area contributed by atoms with Gasteiger partial charge in [0.25, 0.3) is 5.91 Å². The minimum absolute atomic E-state index is 0.132. The average Bonchev–Trinajstić information content (AvgIpc) is 3.26. The summed E-state index contributed by atoms with van der Waals surface area (Å²) < 4.78 is 75.2. The van der Waals surface area contributed by atoms with Crippen molar-refractivity contribution in [2.75, 3.05) is 117 Å². The lowest BCUT2D eigenvalue weighted by Gasteiger charge is -2.43. The maximum absolute atomic E-state index is 14.1. The first kappa shape index (κ1) is 50.0. The van der Waals surface area contributed by atoms with Gasteiger partial charge in [-0.2, -0.15) is 13.2 Å². The molecule has 16 nitrogen and oxygen atoms in total. The molecule has 0 bridgehead atoms. The summed E-state index contributed by atoms with van der Waals surface area (Å²) in [6, 6.07) is 9.83. The summed E-state index contributed by atoms with van der Waals surface area (Å²) in [4.78, 5) is 45.0. The molecule has 0 radical (unpaired) electrons. The normalized spacial score (nSPS) is 14.4. The van der Waals surface area contributed by atoms with E-state index in [1.165, 1.54) is 11.0 Å². The molecule has 1 aliphatic heterocycles. The minimum Gasteiger partial charge on any atom is -0.478 e. The predicted molar refractivity (Wildman–Crippen MR) is 227 cm³/mol. The first-order valence-electron chi connectivity index (χ1n) is 21.4. The SMILES string of the molecule is CCOC(=O)CN(CCCNCc1nc(-c2cccnc2OCC)ccc1N1CCN(C(=O)c2ccc(OCC)nc2C(F)(F)F)C[C@H]1CC)CCOCCOCCOCCN. The molecule has 3 aromatic heterocycles. The van der Waals surface area contributed by atoms with Gasteiger partial charge in [0.15, 0.2) is 5.69 Å². The van der Waals surface area contributed by atoms with E-state index in [-0.39, 0.29) is 44.1 Å². The second kappa shape index (κ2) is 26.7. The van der Waals surface area contributed by atoms with E-state index < -0.39 is 23.3 Å². The van der Waals surface area contributed by atoms with E-state index >= 15 is 0 Å². The molecule has 1 saturated heterocycles. The number of hydrogen-bond donors (Lipinski definition) is 2. The summed E-state index contributed by atoms with van der Waals surface area (Å²) in [5, 5.41) is 3.53. The fraction of sp³-hybridized carbons (Fsp3) is 0.605. The lowest BCUT2D eigenvalue weighted by atomic mass is 10.0. The number of aromatic nitrogens is 3. The van der Waals surface area contributed by atoms with Crippen LogP contribution in [0.5, 0.6) is 11.8 Å². The Labute approximate surface area is 362 Å². The van der Waals surface area contributed by atoms with Crippen molar-refractivity contribution in [2.24, 2.45) is 5.73 Å². The molecular formula is C43H63F3N8O8. The molecule has 19 heteroatoms. The summed E-state index contributed by atoms with van der Waals surface area (Å²) in [6.07, 6.45) is -1.87. The van der Waals surface area contributed by atoms with E-state index in [4.69, 9.17) is 39.1 Å². The van der Waals surface area contributed by atoms with Gasteiger partial charge in [-0.25, -0.2) is 15.0 Å². The van der Waals surface area contributed by atoms with Crippen LogP contribution < -0.4 is 25.4 Å². The largest absolute Gasteiger partial charge is 0.478 e. The Morgan fingerprint density at radius 3 is 2.32 bits per heavy atom. The molecule has 1 atom stereocenters. The molecule has 0 saturated carbocycles. The van der Waals surface area contributed by atoms with Gasteiger partial charge in [0, 0.05) is 64.1 Å². The van der Waals surface area contributed by atoms with Crippen molar-refractivity contribution in [2.45, 2.75) is 59.3 Å². The molecule has 1 fully saturated rings. The van der Waals surface area contributed by atoms with Crippen LogP contribution in [-0.4, -0.2) is 154 Å². The third-order valence-corrected chi connectivity index (χ3v) is 9.83. The number of nitrogens with two attached hydrogens (primary N) is 1. The quantitative estimate of drug-likeness (QED) is 0.0773. The third kappa shape index (κ3) is 15.6. The Kier molecular flexibility index (Phi) is 21.6. The van der Waals surface area contributed by atoms with Crippen molar-refractivity contribution < 1.29 is 51.2 Å². The Balaban J connectivity index is 1.46. The van der Waals surface area contributed by atoms with E-state index in [1.54, 1.807) is 20.0 Å². The van der Waals surface area contributed by atoms with Gasteiger partial charge in [0.05, 0.1) is 94.2 Å². The fourth-order valence-electron chi connectivity index (χ4n) is 6.92. The highest BCUT2D eigenvalue weighted by molar-refractivity contribution is 5.95. The summed E-state index contributed by atoms with van der Waals surface area (Å²) in [6.45, 7) is 14.3. The van der Waals surface area contributed by atoms with Gasteiger partial charge < -0.3 is 49.3 Å². The van der Waals surface area contributed by atoms with Crippen LogP contribution in [0.2, 0.25) is 0 Å². The molecule has 62 heavy (non-hydrogen) atoms. The molecule has 1 amide bonds. The van der Waals surface area contributed by atoms with Crippen LogP contribution >= 0.6 is 0 Å². The van der Waals surface area contributed by atoms with Crippen molar-refractivity contribution in [3.05, 3.63) is 59.5 Å². The highest BCUT2D eigenvalue weighted by Crippen LogP contribution is 2.35. The Hall–Kier alpha value is -4.66. The molecule has 3 N–H and O–H groups in total. The zero-order valence-electron chi connectivity index (χ0n) is 36.4. The lowest BCUT2D eigenvalue weighted by molar-refractivity contribution is -0.144. The number of amides is 1. The molecule has 4 heterocycles. The van der Waals surface area contributed by atoms with Crippen LogP contribution in [0.4, 0.5) is 18.9 Å². The summed E-state index contributed by atoms with van der Waals surface area (Å²) in [5.41, 5.74) is 6.62. The van der Waals surface area contributed by atoms with Gasteiger partial charge in [0.2, 0.25) is 11.8 Å². The Bertz CT molecular complexity index is 1810. The zero-order chi connectivity index (χ0) is 44.7. The molecule has 3 aromatic rings. The second-order valence-corrected chi connectivity index (χ2v) is 14.2. The topological polar surface area (TPSA) is 176 Å². The van der Waals surface area contributed by atoms with Crippen molar-refractivity contribution in [3.8, 4) is 23.0 Å². The van der Waals surface area contributed by atoms with E-state index in [1.807, 2.05) is 43.0 Å². The highest BCUT2D eigenvalue weighted by atomic mass is 19.4.